The molecule has 1 aromatic carbocycles. The number of hydrogen-bond acceptors (Lipinski definition) is 4. The fraction of sp³-hybridized carbons (Fsp3) is 0.588. The van der Waals surface area contributed by atoms with Crippen LogP contribution in [0.3, 0.4) is 0 Å². The van der Waals surface area contributed by atoms with E-state index in [-0.39, 0.29) is 23.0 Å². The summed E-state index contributed by atoms with van der Waals surface area (Å²) in [6, 6.07) is 7.17. The maximum atomic E-state index is 10.3. The van der Waals surface area contributed by atoms with Gasteiger partial charge in [0.05, 0.1) is 0 Å². The van der Waals surface area contributed by atoms with Crippen LogP contribution in [0.15, 0.2) is 24.3 Å². The Balaban J connectivity index is 0. The van der Waals surface area contributed by atoms with Crippen LogP contribution in [0.5, 0.6) is 5.75 Å². The molecule has 0 N–H and O–H groups in total. The average Bonchev–Trinajstić information content (AvgIpc) is 2.48. The van der Waals surface area contributed by atoms with Gasteiger partial charge in [0.15, 0.2) is 0 Å². The standard InChI is InChI=1S/C9H12O2.C8H16O2.Mn/c1-7(2)8-3-5-9(11-10)6-4-8;1-3-5-6-7(4-2)8(9)10;/h3-7,10H,1-2H3;7H,3-6H2,1-2H3,(H,9,10);/q;;+2/p-2. The first-order chi connectivity index (χ1) is 9.96. The molecule has 0 saturated carbocycles. The molecule has 1 atom stereocenters. The monoisotopic (exact) mass is 349 g/mol. The maximum Gasteiger partial charge on any atom is 2.00 e. The summed E-state index contributed by atoms with van der Waals surface area (Å²) < 4.78 is 0. The number of carbonyl (C=O) groups excluding carboxylic acids is 1. The molecule has 1 radical (unpaired) electrons. The van der Waals surface area contributed by atoms with E-state index in [1.165, 1.54) is 5.56 Å². The third-order valence-corrected chi connectivity index (χ3v) is 3.38. The summed E-state index contributed by atoms with van der Waals surface area (Å²) in [7, 11) is 0. The van der Waals surface area contributed by atoms with Crippen LogP contribution < -0.4 is 15.3 Å². The summed E-state index contributed by atoms with van der Waals surface area (Å²) in [6.45, 7) is 8.15. The molecule has 0 aliphatic rings. The molecule has 125 valence electrons. The Morgan fingerprint density at radius 1 is 1.18 bits per heavy atom. The van der Waals surface area contributed by atoms with Gasteiger partial charge >= 0.3 is 17.1 Å². The smallest absolute Gasteiger partial charge is 0.664 e. The predicted molar refractivity (Wildman–Crippen MR) is 79.5 cm³/mol. The van der Waals surface area contributed by atoms with E-state index in [4.69, 9.17) is 0 Å². The van der Waals surface area contributed by atoms with E-state index in [2.05, 4.69) is 25.7 Å². The summed E-state index contributed by atoms with van der Waals surface area (Å²) in [5, 5.41) is 20.2. The number of aliphatic carboxylic acids is 1. The molecule has 4 nitrogen and oxygen atoms in total. The Hall–Kier alpha value is -1.03. The van der Waals surface area contributed by atoms with Crippen molar-refractivity contribution in [2.45, 2.75) is 59.3 Å². The summed E-state index contributed by atoms with van der Waals surface area (Å²) in [4.78, 5) is 14.1. The van der Waals surface area contributed by atoms with E-state index in [1.54, 1.807) is 12.1 Å². The second kappa shape index (κ2) is 13.6. The van der Waals surface area contributed by atoms with Gasteiger partial charge in [0.1, 0.15) is 5.75 Å². The van der Waals surface area contributed by atoms with E-state index >= 15 is 0 Å². The first kappa shape index (κ1) is 23.2. The van der Waals surface area contributed by atoms with Crippen molar-refractivity contribution >= 4 is 5.97 Å². The van der Waals surface area contributed by atoms with E-state index < -0.39 is 5.97 Å². The van der Waals surface area contributed by atoms with Gasteiger partial charge in [-0.15, -0.1) is 0 Å². The van der Waals surface area contributed by atoms with Crippen LogP contribution in [-0.4, -0.2) is 5.97 Å². The third kappa shape index (κ3) is 9.82. The van der Waals surface area contributed by atoms with Crippen LogP contribution in [0.25, 0.3) is 0 Å². The molecule has 1 unspecified atom stereocenters. The van der Waals surface area contributed by atoms with E-state index in [0.717, 1.165) is 19.3 Å². The molecule has 0 heterocycles. The molecule has 0 bridgehead atoms. The van der Waals surface area contributed by atoms with Gasteiger partial charge in [0, 0.05) is 5.97 Å². The molecule has 0 aliphatic carbocycles. The van der Waals surface area contributed by atoms with Gasteiger partial charge in [-0.25, -0.2) is 0 Å². The number of rotatable bonds is 7. The fourth-order valence-electron chi connectivity index (χ4n) is 1.85. The number of unbranched alkanes of at least 4 members (excludes halogenated alkanes) is 1. The fourth-order valence-corrected chi connectivity index (χ4v) is 1.85. The van der Waals surface area contributed by atoms with Crippen molar-refractivity contribution < 1.29 is 37.1 Å². The molecule has 0 fully saturated rings. The third-order valence-electron chi connectivity index (χ3n) is 3.38. The van der Waals surface area contributed by atoms with Crippen LogP contribution in [0.4, 0.5) is 0 Å². The number of benzene rings is 1. The Kier molecular flexibility index (Phi) is 14.4. The second-order valence-electron chi connectivity index (χ2n) is 5.37. The van der Waals surface area contributed by atoms with Gasteiger partial charge in [-0.2, -0.15) is 0 Å². The molecule has 0 aromatic heterocycles. The average molecular weight is 349 g/mol. The molecule has 1 aromatic rings. The maximum absolute atomic E-state index is 10.3. The van der Waals surface area contributed by atoms with Crippen LogP contribution in [0, 0.1) is 5.92 Å². The van der Waals surface area contributed by atoms with Crippen LogP contribution >= 0.6 is 0 Å². The Morgan fingerprint density at radius 2 is 1.73 bits per heavy atom. The molecule has 5 heteroatoms. The Bertz CT molecular complexity index is 390. The zero-order chi connectivity index (χ0) is 16.3. The van der Waals surface area contributed by atoms with Gasteiger partial charge in [0.2, 0.25) is 0 Å². The normalized spacial score (nSPS) is 11.0. The van der Waals surface area contributed by atoms with Gasteiger partial charge < -0.3 is 20.0 Å². The van der Waals surface area contributed by atoms with E-state index in [0.29, 0.717) is 18.1 Å². The molecule has 0 amide bonds. The molecule has 0 saturated heterocycles. The number of carboxylic acid groups (broad SMARTS) is 1. The number of hydrogen-bond donors (Lipinski definition) is 0. The first-order valence-corrected chi connectivity index (χ1v) is 7.56. The van der Waals surface area contributed by atoms with Crippen molar-refractivity contribution in [3.63, 3.8) is 0 Å². The summed E-state index contributed by atoms with van der Waals surface area (Å²) in [6.07, 6.45) is 3.52. The molecular weight excluding hydrogens is 323 g/mol. The van der Waals surface area contributed by atoms with Crippen molar-refractivity contribution in [1.82, 2.24) is 0 Å². The van der Waals surface area contributed by atoms with Gasteiger partial charge in [-0.05, 0) is 42.4 Å². The van der Waals surface area contributed by atoms with Crippen LogP contribution in [0.1, 0.15) is 64.9 Å². The Morgan fingerprint density at radius 3 is 2.05 bits per heavy atom. The molecule has 22 heavy (non-hydrogen) atoms. The van der Waals surface area contributed by atoms with Gasteiger partial charge in [-0.3, -0.25) is 0 Å². The summed E-state index contributed by atoms with van der Waals surface area (Å²) in [5.74, 6) is -0.249. The zero-order valence-electron chi connectivity index (χ0n) is 13.8. The van der Waals surface area contributed by atoms with Crippen LogP contribution in [-0.2, 0) is 21.9 Å². The van der Waals surface area contributed by atoms with Crippen molar-refractivity contribution in [1.29, 1.82) is 0 Å². The predicted octanol–water partition coefficient (Wildman–Crippen LogP) is 2.41. The zero-order valence-corrected chi connectivity index (χ0v) is 15.0. The van der Waals surface area contributed by atoms with Crippen LogP contribution in [0.2, 0.25) is 0 Å². The quantitative estimate of drug-likeness (QED) is 0.430. The second-order valence-corrected chi connectivity index (χ2v) is 5.37. The summed E-state index contributed by atoms with van der Waals surface area (Å²) in [5.41, 5.74) is 1.21. The Labute approximate surface area is 144 Å². The number of carbonyl (C=O) groups is 1. The molecule has 1 rings (SSSR count). The van der Waals surface area contributed by atoms with Crippen molar-refractivity contribution in [2.75, 3.05) is 0 Å². The largest absolute Gasteiger partial charge is 2.00 e. The minimum atomic E-state index is -0.893. The van der Waals surface area contributed by atoms with Gasteiger partial charge in [0.25, 0.3) is 0 Å². The van der Waals surface area contributed by atoms with Crippen molar-refractivity contribution in [3.05, 3.63) is 29.8 Å². The van der Waals surface area contributed by atoms with E-state index in [1.807, 2.05) is 19.1 Å². The minimum Gasteiger partial charge on any atom is -0.664 e. The van der Waals surface area contributed by atoms with Gasteiger partial charge in [-0.1, -0.05) is 52.7 Å². The summed E-state index contributed by atoms with van der Waals surface area (Å²) >= 11 is 0. The number of carboxylic acids is 1. The minimum absolute atomic E-state index is 0. The molecule has 0 aliphatic heterocycles. The molecular formula is C17H26MnO4. The van der Waals surface area contributed by atoms with E-state index in [9.17, 15) is 15.2 Å². The topological polar surface area (TPSA) is 72.4 Å². The first-order valence-electron chi connectivity index (χ1n) is 7.56. The van der Waals surface area contributed by atoms with Crippen molar-refractivity contribution in [3.8, 4) is 5.75 Å². The molecule has 0 spiro atoms. The SMILES string of the molecule is CC(C)c1ccc(O[O-])cc1.CCCCC(CC)C(=O)[O-].[Mn+2]. The van der Waals surface area contributed by atoms with Crippen molar-refractivity contribution in [2.24, 2.45) is 5.92 Å².